The second-order valence-electron chi connectivity index (χ2n) is 8.29. The van der Waals surface area contributed by atoms with E-state index in [9.17, 15) is 10.1 Å². The number of para-hydroxylation sites is 1. The Morgan fingerprint density at radius 1 is 0.912 bits per heavy atom. The number of nitrogens with zero attached hydrogens (tertiary/aromatic N) is 3. The Balaban J connectivity index is 1.34. The lowest BCUT2D eigenvalue weighted by Crippen LogP contribution is -2.44. The highest BCUT2D eigenvalue weighted by molar-refractivity contribution is 6.06. The van der Waals surface area contributed by atoms with Gasteiger partial charge in [-0.15, -0.1) is 0 Å². The molecule has 0 radical (unpaired) electrons. The molecule has 4 rings (SSSR count). The van der Waals surface area contributed by atoms with Gasteiger partial charge in [-0.3, -0.25) is 4.79 Å². The van der Waals surface area contributed by atoms with Gasteiger partial charge in [-0.25, -0.2) is 0 Å². The van der Waals surface area contributed by atoms with Crippen molar-refractivity contribution in [2.45, 2.75) is 13.8 Å². The van der Waals surface area contributed by atoms with Gasteiger partial charge in [0, 0.05) is 43.8 Å². The minimum absolute atomic E-state index is 0.0878. The van der Waals surface area contributed by atoms with Crippen LogP contribution in [0.25, 0.3) is 0 Å². The second kappa shape index (κ2) is 10.6. The van der Waals surface area contributed by atoms with Gasteiger partial charge in [-0.1, -0.05) is 30.3 Å². The number of anilines is 2. The van der Waals surface area contributed by atoms with Gasteiger partial charge >= 0.3 is 0 Å². The number of carbonyl (C=O) groups excluding carboxylic acids is 1. The number of nitriles is 1. The maximum absolute atomic E-state index is 12.7. The average Bonchev–Trinajstić information content (AvgIpc) is 2.86. The lowest BCUT2D eigenvalue weighted by molar-refractivity contribution is -0.112. The number of ether oxygens (including phenoxy) is 1. The highest BCUT2D eigenvalue weighted by atomic mass is 16.5. The van der Waals surface area contributed by atoms with Crippen molar-refractivity contribution in [1.82, 2.24) is 4.90 Å². The van der Waals surface area contributed by atoms with Gasteiger partial charge in [0.05, 0.1) is 0 Å². The number of benzene rings is 3. The van der Waals surface area contributed by atoms with Gasteiger partial charge in [-0.2, -0.15) is 5.26 Å². The van der Waals surface area contributed by atoms with Crippen molar-refractivity contribution in [3.8, 4) is 17.6 Å². The summed E-state index contributed by atoms with van der Waals surface area (Å²) in [6, 6.07) is 25.0. The molecule has 172 valence electrons. The van der Waals surface area contributed by atoms with Crippen molar-refractivity contribution in [3.63, 3.8) is 0 Å². The fourth-order valence-electron chi connectivity index (χ4n) is 3.92. The Bertz CT molecular complexity index is 1210. The van der Waals surface area contributed by atoms with E-state index in [1.54, 1.807) is 30.5 Å². The molecule has 34 heavy (non-hydrogen) atoms. The van der Waals surface area contributed by atoms with Gasteiger partial charge < -0.3 is 19.9 Å². The van der Waals surface area contributed by atoms with Crippen LogP contribution in [-0.2, 0) is 4.79 Å². The zero-order chi connectivity index (χ0) is 23.9. The van der Waals surface area contributed by atoms with Crippen LogP contribution in [0, 0.1) is 25.2 Å². The van der Waals surface area contributed by atoms with Crippen LogP contribution in [0.5, 0.6) is 11.5 Å². The number of amides is 1. The van der Waals surface area contributed by atoms with E-state index in [2.05, 4.69) is 42.3 Å². The van der Waals surface area contributed by atoms with E-state index in [0.29, 0.717) is 11.4 Å². The SMILES string of the molecule is Cc1cccc(N2CCN(/C=C(/C#N)C(=O)Nc3ccc(Oc4ccccc4)cc3)CC2)c1C. The molecule has 0 unspecified atom stereocenters. The summed E-state index contributed by atoms with van der Waals surface area (Å²) in [7, 11) is 0. The normalized spacial score (nSPS) is 13.9. The van der Waals surface area contributed by atoms with E-state index in [1.165, 1.54) is 16.8 Å². The molecule has 1 fully saturated rings. The smallest absolute Gasteiger partial charge is 0.267 e. The van der Waals surface area contributed by atoms with Gasteiger partial charge in [-0.05, 0) is 67.4 Å². The summed E-state index contributed by atoms with van der Waals surface area (Å²) in [5, 5.41) is 12.4. The molecule has 1 amide bonds. The molecule has 1 N–H and O–H groups in total. The van der Waals surface area contributed by atoms with Crippen molar-refractivity contribution in [2.24, 2.45) is 0 Å². The molecule has 6 heteroatoms. The molecule has 0 aliphatic carbocycles. The fourth-order valence-corrected chi connectivity index (χ4v) is 3.92. The summed E-state index contributed by atoms with van der Waals surface area (Å²) < 4.78 is 5.77. The molecule has 1 aliphatic rings. The number of hydrogen-bond donors (Lipinski definition) is 1. The summed E-state index contributed by atoms with van der Waals surface area (Å²) in [5.74, 6) is 0.991. The summed E-state index contributed by atoms with van der Waals surface area (Å²) in [6.45, 7) is 7.44. The van der Waals surface area contributed by atoms with E-state index in [4.69, 9.17) is 4.74 Å². The topological polar surface area (TPSA) is 68.6 Å². The summed E-state index contributed by atoms with van der Waals surface area (Å²) in [6.07, 6.45) is 1.67. The number of nitrogens with one attached hydrogen (secondary N) is 1. The predicted octanol–water partition coefficient (Wildman–Crippen LogP) is 5.26. The van der Waals surface area contributed by atoms with Crippen LogP contribution in [0.2, 0.25) is 0 Å². The Hall–Kier alpha value is -4.24. The van der Waals surface area contributed by atoms with Crippen molar-refractivity contribution in [1.29, 1.82) is 5.26 Å². The summed E-state index contributed by atoms with van der Waals surface area (Å²) >= 11 is 0. The first-order valence-electron chi connectivity index (χ1n) is 11.3. The molecule has 3 aromatic rings. The summed E-state index contributed by atoms with van der Waals surface area (Å²) in [4.78, 5) is 17.1. The second-order valence-corrected chi connectivity index (χ2v) is 8.29. The minimum Gasteiger partial charge on any atom is -0.457 e. The van der Waals surface area contributed by atoms with Crippen molar-refractivity contribution in [2.75, 3.05) is 36.4 Å². The van der Waals surface area contributed by atoms with Crippen LogP contribution in [0.4, 0.5) is 11.4 Å². The van der Waals surface area contributed by atoms with Gasteiger partial charge in [0.2, 0.25) is 0 Å². The quantitative estimate of drug-likeness (QED) is 0.408. The average molecular weight is 453 g/mol. The molecule has 0 aromatic heterocycles. The highest BCUT2D eigenvalue weighted by Gasteiger charge is 2.19. The molecular weight excluding hydrogens is 424 g/mol. The zero-order valence-electron chi connectivity index (χ0n) is 19.5. The Labute approximate surface area is 200 Å². The zero-order valence-corrected chi connectivity index (χ0v) is 19.5. The largest absolute Gasteiger partial charge is 0.457 e. The molecule has 6 nitrogen and oxygen atoms in total. The standard InChI is InChI=1S/C28H28N4O2/c1-21-7-6-10-27(22(21)2)32-17-15-31(16-18-32)20-23(19-29)28(33)30-24-11-13-26(14-12-24)34-25-8-4-3-5-9-25/h3-14,20H,15-18H2,1-2H3,(H,30,33)/b23-20-. The van der Waals surface area contributed by atoms with Crippen LogP contribution >= 0.6 is 0 Å². The van der Waals surface area contributed by atoms with Crippen LogP contribution in [-0.4, -0.2) is 37.0 Å². The number of aryl methyl sites for hydroxylation is 1. The van der Waals surface area contributed by atoms with Crippen LogP contribution in [0.1, 0.15) is 11.1 Å². The molecular formula is C28H28N4O2. The number of piperazine rings is 1. The van der Waals surface area contributed by atoms with Gasteiger partial charge in [0.25, 0.3) is 5.91 Å². The fraction of sp³-hybridized carbons (Fsp3) is 0.214. The van der Waals surface area contributed by atoms with Crippen molar-refractivity contribution < 1.29 is 9.53 Å². The number of rotatable bonds is 6. The van der Waals surface area contributed by atoms with E-state index in [-0.39, 0.29) is 5.57 Å². The molecule has 0 atom stereocenters. The summed E-state index contributed by atoms with van der Waals surface area (Å²) in [5.41, 5.74) is 4.52. The van der Waals surface area contributed by atoms with E-state index in [0.717, 1.165) is 31.9 Å². The van der Waals surface area contributed by atoms with Gasteiger partial charge in [0.1, 0.15) is 23.1 Å². The Morgan fingerprint density at radius 2 is 1.59 bits per heavy atom. The highest BCUT2D eigenvalue weighted by Crippen LogP contribution is 2.25. The first kappa shape index (κ1) is 22.9. The third kappa shape index (κ3) is 5.57. The predicted molar refractivity (Wildman–Crippen MR) is 135 cm³/mol. The van der Waals surface area contributed by atoms with E-state index in [1.807, 2.05) is 41.3 Å². The third-order valence-corrected chi connectivity index (χ3v) is 6.00. The maximum Gasteiger partial charge on any atom is 0.267 e. The molecule has 0 spiro atoms. The molecule has 0 bridgehead atoms. The molecule has 3 aromatic carbocycles. The molecule has 1 heterocycles. The molecule has 1 aliphatic heterocycles. The van der Waals surface area contributed by atoms with E-state index < -0.39 is 5.91 Å². The first-order valence-corrected chi connectivity index (χ1v) is 11.3. The van der Waals surface area contributed by atoms with Crippen LogP contribution in [0.3, 0.4) is 0 Å². The monoisotopic (exact) mass is 452 g/mol. The Kier molecular flexibility index (Phi) is 7.14. The van der Waals surface area contributed by atoms with Crippen molar-refractivity contribution >= 4 is 17.3 Å². The molecule has 1 saturated heterocycles. The third-order valence-electron chi connectivity index (χ3n) is 6.00. The lowest BCUT2D eigenvalue weighted by atomic mass is 10.1. The van der Waals surface area contributed by atoms with E-state index >= 15 is 0 Å². The maximum atomic E-state index is 12.7. The minimum atomic E-state index is -0.420. The first-order chi connectivity index (χ1) is 16.5. The van der Waals surface area contributed by atoms with Crippen LogP contribution < -0.4 is 15.0 Å². The number of carbonyl (C=O) groups is 1. The van der Waals surface area contributed by atoms with Gasteiger partial charge in [0.15, 0.2) is 0 Å². The molecule has 0 saturated carbocycles. The lowest BCUT2D eigenvalue weighted by Gasteiger charge is -2.36. The van der Waals surface area contributed by atoms with Crippen molar-refractivity contribution in [3.05, 3.63) is 95.7 Å². The number of hydrogen-bond acceptors (Lipinski definition) is 5. The Morgan fingerprint density at radius 3 is 2.26 bits per heavy atom. The van der Waals surface area contributed by atoms with Crippen LogP contribution in [0.15, 0.2) is 84.6 Å².